The van der Waals surface area contributed by atoms with Gasteiger partial charge in [-0.15, -0.1) is 0 Å². The van der Waals surface area contributed by atoms with Gasteiger partial charge in [-0.1, -0.05) is 0 Å². The van der Waals surface area contributed by atoms with Crippen LogP contribution in [0, 0.1) is 13.8 Å². The Balaban J connectivity index is 2.74. The van der Waals surface area contributed by atoms with Crippen molar-refractivity contribution in [2.75, 3.05) is 14.2 Å². The van der Waals surface area contributed by atoms with Crippen molar-refractivity contribution in [2.24, 2.45) is 0 Å². The van der Waals surface area contributed by atoms with E-state index in [4.69, 9.17) is 9.47 Å². The van der Waals surface area contributed by atoms with Crippen LogP contribution in [-0.2, 0) is 16.1 Å². The minimum absolute atomic E-state index is 0.107. The Morgan fingerprint density at radius 2 is 1.74 bits per heavy atom. The van der Waals surface area contributed by atoms with Crippen molar-refractivity contribution >= 4 is 11.9 Å². The van der Waals surface area contributed by atoms with Gasteiger partial charge >= 0.3 is 11.9 Å². The second kappa shape index (κ2) is 6.66. The zero-order chi connectivity index (χ0) is 17.1. The van der Waals surface area contributed by atoms with E-state index in [0.717, 1.165) is 17.0 Å². The molecule has 2 aromatic rings. The highest BCUT2D eigenvalue weighted by Crippen LogP contribution is 2.25. The lowest BCUT2D eigenvalue weighted by molar-refractivity contribution is 0.0586. The number of rotatable bonds is 4. The molecule has 23 heavy (non-hydrogen) atoms. The van der Waals surface area contributed by atoms with Crippen molar-refractivity contribution in [3.8, 4) is 5.69 Å². The van der Waals surface area contributed by atoms with Gasteiger partial charge in [0.2, 0.25) is 0 Å². The summed E-state index contributed by atoms with van der Waals surface area (Å²) in [6.45, 7) is 3.59. The number of methoxy groups -OCH3 is 2. The van der Waals surface area contributed by atoms with Gasteiger partial charge in [0.1, 0.15) is 0 Å². The summed E-state index contributed by atoms with van der Waals surface area (Å²) in [5.41, 5.74) is 3.53. The first-order chi connectivity index (χ1) is 10.9. The van der Waals surface area contributed by atoms with E-state index in [1.165, 1.54) is 26.4 Å². The Morgan fingerprint density at radius 1 is 1.09 bits per heavy atom. The molecular weight excluding hydrogens is 298 g/mol. The van der Waals surface area contributed by atoms with Gasteiger partial charge in [-0.2, -0.15) is 0 Å². The van der Waals surface area contributed by atoms with E-state index in [1.807, 2.05) is 24.5 Å². The van der Waals surface area contributed by atoms with Gasteiger partial charge in [0.05, 0.1) is 37.6 Å². The summed E-state index contributed by atoms with van der Waals surface area (Å²) in [6.07, 6.45) is 0. The zero-order valence-corrected chi connectivity index (χ0v) is 13.5. The molecule has 0 atom stereocenters. The van der Waals surface area contributed by atoms with Crippen LogP contribution in [0.5, 0.6) is 0 Å². The van der Waals surface area contributed by atoms with Gasteiger partial charge in [-0.3, -0.25) is 0 Å². The summed E-state index contributed by atoms with van der Waals surface area (Å²) in [5.74, 6) is -0.998. The Labute approximate surface area is 134 Å². The first kappa shape index (κ1) is 16.8. The van der Waals surface area contributed by atoms with Crippen LogP contribution in [0.3, 0.4) is 0 Å². The molecule has 0 aliphatic heterocycles. The smallest absolute Gasteiger partial charge is 0.339 e. The number of nitrogens with zero attached hydrogens (tertiary/aromatic N) is 1. The van der Waals surface area contributed by atoms with Crippen LogP contribution in [0.4, 0.5) is 0 Å². The maximum Gasteiger partial charge on any atom is 0.339 e. The molecule has 2 rings (SSSR count). The normalized spacial score (nSPS) is 10.5. The average Bonchev–Trinajstić information content (AvgIpc) is 2.86. The molecule has 1 N–H and O–H groups in total. The molecule has 0 saturated carbocycles. The highest BCUT2D eigenvalue weighted by atomic mass is 16.5. The Morgan fingerprint density at radius 3 is 2.26 bits per heavy atom. The second-order valence-corrected chi connectivity index (χ2v) is 5.10. The molecule has 0 aliphatic rings. The SMILES string of the molecule is COC(=O)c1ccc(C(=O)OC)c(-n2c(C)cc(CO)c2C)c1. The molecule has 6 heteroatoms. The molecule has 0 unspecified atom stereocenters. The van der Waals surface area contributed by atoms with Crippen LogP contribution in [0.15, 0.2) is 24.3 Å². The standard InChI is InChI=1S/C17H19NO5/c1-10-7-13(9-19)11(2)18(10)15-8-12(16(20)22-3)5-6-14(15)17(21)23-4/h5-8,19H,9H2,1-4H3. The summed E-state index contributed by atoms with van der Waals surface area (Å²) in [7, 11) is 2.60. The van der Waals surface area contributed by atoms with Crippen molar-refractivity contribution in [1.29, 1.82) is 0 Å². The van der Waals surface area contributed by atoms with Crippen LogP contribution in [0.1, 0.15) is 37.7 Å². The molecule has 6 nitrogen and oxygen atoms in total. The van der Waals surface area contributed by atoms with Crippen LogP contribution in [0.2, 0.25) is 0 Å². The fourth-order valence-electron chi connectivity index (χ4n) is 2.60. The molecule has 122 valence electrons. The molecule has 1 heterocycles. The van der Waals surface area contributed by atoms with Gasteiger partial charge in [0.15, 0.2) is 0 Å². The highest BCUT2D eigenvalue weighted by Gasteiger charge is 2.20. The lowest BCUT2D eigenvalue weighted by Crippen LogP contribution is -2.12. The summed E-state index contributed by atoms with van der Waals surface area (Å²) in [5, 5.41) is 9.43. The molecular formula is C17H19NO5. The van der Waals surface area contributed by atoms with Crippen molar-refractivity contribution in [3.05, 3.63) is 52.3 Å². The average molecular weight is 317 g/mol. The third-order valence-electron chi connectivity index (χ3n) is 3.77. The molecule has 0 radical (unpaired) electrons. The molecule has 1 aromatic carbocycles. The maximum atomic E-state index is 12.1. The summed E-state index contributed by atoms with van der Waals surface area (Å²) >= 11 is 0. The van der Waals surface area contributed by atoms with Crippen molar-refractivity contribution in [3.63, 3.8) is 0 Å². The highest BCUT2D eigenvalue weighted by molar-refractivity contribution is 5.97. The number of carbonyl (C=O) groups is 2. The third kappa shape index (κ3) is 2.98. The maximum absolute atomic E-state index is 12.1. The number of hydrogen-bond donors (Lipinski definition) is 1. The number of hydrogen-bond acceptors (Lipinski definition) is 5. The van der Waals surface area contributed by atoms with Gasteiger partial charge < -0.3 is 19.1 Å². The van der Waals surface area contributed by atoms with E-state index in [2.05, 4.69) is 0 Å². The van der Waals surface area contributed by atoms with Crippen molar-refractivity contribution < 1.29 is 24.2 Å². The molecule has 0 spiro atoms. The first-order valence-electron chi connectivity index (χ1n) is 7.04. The Bertz CT molecular complexity index is 761. The lowest BCUT2D eigenvalue weighted by Gasteiger charge is -2.15. The molecule has 0 aliphatic carbocycles. The quantitative estimate of drug-likeness (QED) is 0.874. The van der Waals surface area contributed by atoms with Crippen LogP contribution in [-0.4, -0.2) is 35.8 Å². The number of aliphatic hydroxyl groups excluding tert-OH is 1. The summed E-state index contributed by atoms with van der Waals surface area (Å²) in [6, 6.07) is 6.47. The minimum atomic E-state index is -0.505. The lowest BCUT2D eigenvalue weighted by atomic mass is 10.1. The fourth-order valence-corrected chi connectivity index (χ4v) is 2.60. The fraction of sp³-hybridized carbons (Fsp3) is 0.294. The van der Waals surface area contributed by atoms with Crippen LogP contribution < -0.4 is 0 Å². The van der Waals surface area contributed by atoms with E-state index in [-0.39, 0.29) is 6.61 Å². The Hall–Kier alpha value is -2.60. The largest absolute Gasteiger partial charge is 0.465 e. The molecule has 0 fully saturated rings. The van der Waals surface area contributed by atoms with Crippen LogP contribution >= 0.6 is 0 Å². The molecule has 0 bridgehead atoms. The van der Waals surface area contributed by atoms with E-state index < -0.39 is 11.9 Å². The van der Waals surface area contributed by atoms with E-state index >= 15 is 0 Å². The van der Waals surface area contributed by atoms with Gasteiger partial charge in [-0.25, -0.2) is 9.59 Å². The number of aromatic nitrogens is 1. The molecule has 0 amide bonds. The number of esters is 2. The predicted octanol–water partition coefficient (Wildman–Crippen LogP) is 2.16. The van der Waals surface area contributed by atoms with Crippen molar-refractivity contribution in [1.82, 2.24) is 4.57 Å². The summed E-state index contributed by atoms with van der Waals surface area (Å²) < 4.78 is 11.4. The zero-order valence-electron chi connectivity index (χ0n) is 13.5. The molecule has 0 saturated heterocycles. The predicted molar refractivity (Wildman–Crippen MR) is 83.8 cm³/mol. The van der Waals surface area contributed by atoms with Crippen molar-refractivity contribution in [2.45, 2.75) is 20.5 Å². The van der Waals surface area contributed by atoms with Gasteiger partial charge in [0.25, 0.3) is 0 Å². The van der Waals surface area contributed by atoms with Gasteiger partial charge in [-0.05, 0) is 43.7 Å². The van der Waals surface area contributed by atoms with Crippen LogP contribution in [0.25, 0.3) is 5.69 Å². The number of carbonyl (C=O) groups excluding carboxylic acids is 2. The number of benzene rings is 1. The van der Waals surface area contributed by atoms with Gasteiger partial charge in [0, 0.05) is 11.4 Å². The van der Waals surface area contributed by atoms with E-state index in [1.54, 1.807) is 6.07 Å². The van der Waals surface area contributed by atoms with E-state index in [9.17, 15) is 14.7 Å². The Kier molecular flexibility index (Phi) is 4.86. The minimum Gasteiger partial charge on any atom is -0.465 e. The second-order valence-electron chi connectivity index (χ2n) is 5.10. The topological polar surface area (TPSA) is 77.8 Å². The third-order valence-corrected chi connectivity index (χ3v) is 3.77. The first-order valence-corrected chi connectivity index (χ1v) is 7.04. The monoisotopic (exact) mass is 317 g/mol. The number of aryl methyl sites for hydroxylation is 1. The number of ether oxygens (including phenoxy) is 2. The number of aliphatic hydroxyl groups is 1. The molecule has 1 aromatic heterocycles. The van der Waals surface area contributed by atoms with E-state index in [0.29, 0.717) is 16.8 Å². The summed E-state index contributed by atoms with van der Waals surface area (Å²) in [4.78, 5) is 23.8.